The van der Waals surface area contributed by atoms with Crippen LogP contribution >= 0.6 is 0 Å². The molecule has 0 aliphatic carbocycles. The van der Waals surface area contributed by atoms with Crippen molar-refractivity contribution in [2.45, 2.75) is 32.6 Å². The Labute approximate surface area is 120 Å². The fourth-order valence-corrected chi connectivity index (χ4v) is 2.13. The molecule has 112 valence electrons. The highest BCUT2D eigenvalue weighted by Gasteiger charge is 2.14. The van der Waals surface area contributed by atoms with Gasteiger partial charge in [0, 0.05) is 19.3 Å². The maximum atomic E-state index is 12.2. The molecule has 1 rings (SSSR count). The van der Waals surface area contributed by atoms with Crippen molar-refractivity contribution in [3.63, 3.8) is 0 Å². The Balaban J connectivity index is 2.70. The first-order chi connectivity index (χ1) is 9.49. The number of hydrogen-bond acceptors (Lipinski definition) is 3. The Kier molecular flexibility index (Phi) is 6.45. The van der Waals surface area contributed by atoms with Crippen molar-refractivity contribution in [2.75, 3.05) is 20.1 Å². The van der Waals surface area contributed by atoms with Crippen molar-refractivity contribution in [1.29, 1.82) is 0 Å². The summed E-state index contributed by atoms with van der Waals surface area (Å²) < 4.78 is 1.56. The molecule has 1 amide bonds. The first-order valence-electron chi connectivity index (χ1n) is 7.11. The van der Waals surface area contributed by atoms with Gasteiger partial charge < -0.3 is 15.2 Å². The van der Waals surface area contributed by atoms with E-state index < -0.39 is 0 Å². The van der Waals surface area contributed by atoms with Crippen LogP contribution in [0.25, 0.3) is 0 Å². The zero-order chi connectivity index (χ0) is 15.1. The van der Waals surface area contributed by atoms with Gasteiger partial charge in [-0.15, -0.1) is 0 Å². The molecule has 0 atom stereocenters. The second kappa shape index (κ2) is 7.85. The number of nitrogens with zero attached hydrogens (tertiary/aromatic N) is 1. The third kappa shape index (κ3) is 4.20. The summed E-state index contributed by atoms with van der Waals surface area (Å²) in [6.07, 6.45) is 1.90. The SMILES string of the molecule is CNCCCCNC(=O)c1ccc(C(C)C)n(C)c1=O. The van der Waals surface area contributed by atoms with Gasteiger partial charge in [0.15, 0.2) is 0 Å². The van der Waals surface area contributed by atoms with Crippen LogP contribution in [0.3, 0.4) is 0 Å². The average molecular weight is 279 g/mol. The van der Waals surface area contributed by atoms with E-state index in [1.54, 1.807) is 17.7 Å². The van der Waals surface area contributed by atoms with Gasteiger partial charge in [0.25, 0.3) is 11.5 Å². The molecule has 0 aromatic carbocycles. The Morgan fingerprint density at radius 3 is 2.50 bits per heavy atom. The zero-order valence-electron chi connectivity index (χ0n) is 12.8. The van der Waals surface area contributed by atoms with E-state index in [1.165, 1.54) is 0 Å². The van der Waals surface area contributed by atoms with Crippen LogP contribution < -0.4 is 16.2 Å². The zero-order valence-corrected chi connectivity index (χ0v) is 12.8. The summed E-state index contributed by atoms with van der Waals surface area (Å²) in [7, 11) is 3.61. The minimum Gasteiger partial charge on any atom is -0.352 e. The van der Waals surface area contributed by atoms with Crippen molar-refractivity contribution in [2.24, 2.45) is 7.05 Å². The van der Waals surface area contributed by atoms with Crippen LogP contribution in [0.4, 0.5) is 0 Å². The van der Waals surface area contributed by atoms with Crippen LogP contribution in [0.1, 0.15) is 48.7 Å². The van der Waals surface area contributed by atoms with E-state index in [4.69, 9.17) is 0 Å². The second-order valence-electron chi connectivity index (χ2n) is 5.26. The van der Waals surface area contributed by atoms with Gasteiger partial charge in [-0.3, -0.25) is 9.59 Å². The summed E-state index contributed by atoms with van der Waals surface area (Å²) in [5.41, 5.74) is 0.912. The number of aromatic nitrogens is 1. The summed E-state index contributed by atoms with van der Waals surface area (Å²) in [5, 5.41) is 5.85. The van der Waals surface area contributed by atoms with E-state index in [2.05, 4.69) is 10.6 Å². The van der Waals surface area contributed by atoms with Crippen LogP contribution in [-0.4, -0.2) is 30.6 Å². The van der Waals surface area contributed by atoms with Crippen LogP contribution in [0.15, 0.2) is 16.9 Å². The topological polar surface area (TPSA) is 63.1 Å². The highest BCUT2D eigenvalue weighted by atomic mass is 16.2. The molecular weight excluding hydrogens is 254 g/mol. The number of carbonyl (C=O) groups excluding carboxylic acids is 1. The first kappa shape index (κ1) is 16.4. The lowest BCUT2D eigenvalue weighted by molar-refractivity contribution is 0.0951. The van der Waals surface area contributed by atoms with Crippen LogP contribution in [-0.2, 0) is 7.05 Å². The van der Waals surface area contributed by atoms with Gasteiger partial charge in [-0.25, -0.2) is 0 Å². The average Bonchev–Trinajstić information content (AvgIpc) is 2.40. The number of unbranched alkanes of at least 4 members (excludes halogenated alkanes) is 1. The smallest absolute Gasteiger partial charge is 0.263 e. The van der Waals surface area contributed by atoms with Crippen LogP contribution in [0.2, 0.25) is 0 Å². The number of hydrogen-bond donors (Lipinski definition) is 2. The minimum atomic E-state index is -0.287. The molecule has 0 spiro atoms. The monoisotopic (exact) mass is 279 g/mol. The molecule has 0 saturated carbocycles. The van der Waals surface area contributed by atoms with Crippen molar-refractivity contribution < 1.29 is 4.79 Å². The summed E-state index contributed by atoms with van der Waals surface area (Å²) in [5.74, 6) is -0.0308. The predicted molar refractivity (Wildman–Crippen MR) is 81.3 cm³/mol. The largest absolute Gasteiger partial charge is 0.352 e. The summed E-state index contributed by atoms with van der Waals surface area (Å²) in [6, 6.07) is 3.47. The van der Waals surface area contributed by atoms with E-state index in [1.807, 2.05) is 27.0 Å². The highest BCUT2D eigenvalue weighted by molar-refractivity contribution is 5.93. The van der Waals surface area contributed by atoms with Crippen molar-refractivity contribution in [3.05, 3.63) is 33.7 Å². The molecule has 0 aliphatic heterocycles. The number of amides is 1. The fourth-order valence-electron chi connectivity index (χ4n) is 2.13. The summed E-state index contributed by atoms with van der Waals surface area (Å²) in [4.78, 5) is 24.2. The van der Waals surface area contributed by atoms with Gasteiger partial charge in [0.2, 0.25) is 0 Å². The molecule has 1 heterocycles. The number of pyridine rings is 1. The quantitative estimate of drug-likeness (QED) is 0.738. The molecule has 1 aromatic heterocycles. The first-order valence-corrected chi connectivity index (χ1v) is 7.11. The molecule has 0 bridgehead atoms. The maximum Gasteiger partial charge on any atom is 0.263 e. The van der Waals surface area contributed by atoms with Gasteiger partial charge in [0.05, 0.1) is 0 Å². The molecule has 2 N–H and O–H groups in total. The molecule has 0 fully saturated rings. The number of nitrogens with one attached hydrogen (secondary N) is 2. The van der Waals surface area contributed by atoms with E-state index in [-0.39, 0.29) is 22.9 Å². The highest BCUT2D eigenvalue weighted by Crippen LogP contribution is 2.11. The molecule has 1 aromatic rings. The molecular formula is C15H25N3O2. The maximum absolute atomic E-state index is 12.2. The Morgan fingerprint density at radius 2 is 1.90 bits per heavy atom. The predicted octanol–water partition coefficient (Wildman–Crippen LogP) is 1.24. The number of rotatable bonds is 7. The van der Waals surface area contributed by atoms with Crippen LogP contribution in [0.5, 0.6) is 0 Å². The Bertz CT molecular complexity index is 506. The normalized spacial score (nSPS) is 10.8. The molecule has 5 heteroatoms. The van der Waals surface area contributed by atoms with Crippen molar-refractivity contribution in [1.82, 2.24) is 15.2 Å². The molecule has 0 aliphatic rings. The van der Waals surface area contributed by atoms with Crippen molar-refractivity contribution in [3.8, 4) is 0 Å². The van der Waals surface area contributed by atoms with E-state index >= 15 is 0 Å². The Morgan fingerprint density at radius 1 is 1.25 bits per heavy atom. The minimum absolute atomic E-state index is 0.213. The third-order valence-electron chi connectivity index (χ3n) is 3.32. The molecule has 0 radical (unpaired) electrons. The molecule has 20 heavy (non-hydrogen) atoms. The second-order valence-corrected chi connectivity index (χ2v) is 5.26. The fraction of sp³-hybridized carbons (Fsp3) is 0.600. The van der Waals surface area contributed by atoms with E-state index in [9.17, 15) is 9.59 Å². The summed E-state index contributed by atoms with van der Waals surface area (Å²) >= 11 is 0. The van der Waals surface area contributed by atoms with Gasteiger partial charge >= 0.3 is 0 Å². The lowest BCUT2D eigenvalue weighted by Gasteiger charge is -2.13. The molecule has 5 nitrogen and oxygen atoms in total. The summed E-state index contributed by atoms with van der Waals surface area (Å²) in [6.45, 7) is 5.57. The van der Waals surface area contributed by atoms with Gasteiger partial charge in [-0.05, 0) is 44.5 Å². The van der Waals surface area contributed by atoms with Crippen LogP contribution in [0, 0.1) is 0 Å². The van der Waals surface area contributed by atoms with Gasteiger partial charge in [-0.2, -0.15) is 0 Å². The van der Waals surface area contributed by atoms with E-state index in [0.29, 0.717) is 6.54 Å². The standard InChI is InChI=1S/C15H25N3O2/c1-11(2)13-8-7-12(15(20)18(13)4)14(19)17-10-6-5-9-16-3/h7-8,11,16H,5-6,9-10H2,1-4H3,(H,17,19). The molecule has 0 unspecified atom stereocenters. The van der Waals surface area contributed by atoms with Crippen molar-refractivity contribution >= 4 is 5.91 Å². The Hall–Kier alpha value is -1.62. The third-order valence-corrected chi connectivity index (χ3v) is 3.32. The van der Waals surface area contributed by atoms with E-state index in [0.717, 1.165) is 25.1 Å². The lowest BCUT2D eigenvalue weighted by atomic mass is 10.1. The molecule has 0 saturated heterocycles. The van der Waals surface area contributed by atoms with Gasteiger partial charge in [0.1, 0.15) is 5.56 Å². The van der Waals surface area contributed by atoms with Gasteiger partial charge in [-0.1, -0.05) is 13.8 Å². The number of carbonyl (C=O) groups is 1. The lowest BCUT2D eigenvalue weighted by Crippen LogP contribution is -2.34.